The number of ether oxygens (including phenoxy) is 1. The number of para-hydroxylation sites is 2. The van der Waals surface area contributed by atoms with E-state index in [1.165, 1.54) is 0 Å². The molecule has 0 atom stereocenters. The average Bonchev–Trinajstić information content (AvgIpc) is 3.04. The fourth-order valence-electron chi connectivity index (χ4n) is 3.00. The number of aryl methyl sites for hydroxylation is 2. The predicted octanol–water partition coefficient (Wildman–Crippen LogP) is 3.41. The van der Waals surface area contributed by atoms with Crippen molar-refractivity contribution in [2.24, 2.45) is 0 Å². The van der Waals surface area contributed by atoms with Crippen LogP contribution >= 0.6 is 0 Å². The number of likely N-dealkylation sites (N-methyl/N-ethyl adjacent to an activating group) is 1. The van der Waals surface area contributed by atoms with E-state index in [4.69, 9.17) is 9.72 Å². The van der Waals surface area contributed by atoms with Crippen LogP contribution in [0.3, 0.4) is 0 Å². The molecule has 0 saturated heterocycles. The van der Waals surface area contributed by atoms with E-state index in [9.17, 15) is 0 Å². The molecule has 0 unspecified atom stereocenters. The summed E-state index contributed by atoms with van der Waals surface area (Å²) in [5.74, 6) is 2.40. The van der Waals surface area contributed by atoms with Gasteiger partial charge in [-0.1, -0.05) is 30.3 Å². The van der Waals surface area contributed by atoms with Gasteiger partial charge in [0.1, 0.15) is 18.2 Å². The first kappa shape index (κ1) is 16.3. The zero-order chi connectivity index (χ0) is 18.1. The molecular weight excluding hydrogens is 326 g/mol. The van der Waals surface area contributed by atoms with E-state index >= 15 is 0 Å². The largest absolute Gasteiger partial charge is 0.491 e. The number of anilines is 1. The van der Waals surface area contributed by atoms with Gasteiger partial charge in [0, 0.05) is 12.4 Å². The zero-order valence-electron chi connectivity index (χ0n) is 15.2. The third kappa shape index (κ3) is 2.94. The molecule has 2 aromatic heterocycles. The van der Waals surface area contributed by atoms with Crippen LogP contribution in [-0.2, 0) is 0 Å². The standard InChI is InChI=1S/C20H21N5O/c1-14-8-4-7-11-18(14)26-13-12-24(3)20-22-17-10-6-5-9-16(17)19-21-15(2)23-25(19)20/h4-11H,12-13H2,1-3H3. The minimum absolute atomic E-state index is 0.561. The molecule has 6 heteroatoms. The minimum atomic E-state index is 0.561. The highest BCUT2D eigenvalue weighted by atomic mass is 16.5. The molecule has 6 nitrogen and oxygen atoms in total. The third-order valence-corrected chi connectivity index (χ3v) is 4.39. The summed E-state index contributed by atoms with van der Waals surface area (Å²) in [6.07, 6.45) is 0. The fraction of sp³-hybridized carbons (Fsp3) is 0.250. The molecule has 2 aromatic carbocycles. The molecular formula is C20H21N5O. The van der Waals surface area contributed by atoms with Gasteiger partial charge in [-0.05, 0) is 37.6 Å². The number of rotatable bonds is 5. The Kier molecular flexibility index (Phi) is 4.16. The lowest BCUT2D eigenvalue weighted by Gasteiger charge is -2.19. The van der Waals surface area contributed by atoms with Gasteiger partial charge in [-0.2, -0.15) is 4.52 Å². The average molecular weight is 347 g/mol. The molecule has 132 valence electrons. The molecule has 0 aliphatic carbocycles. The molecule has 0 N–H and O–H groups in total. The molecule has 2 heterocycles. The van der Waals surface area contributed by atoms with E-state index in [0.29, 0.717) is 13.2 Å². The van der Waals surface area contributed by atoms with E-state index in [1.54, 1.807) is 0 Å². The van der Waals surface area contributed by atoms with Crippen LogP contribution < -0.4 is 9.64 Å². The fourth-order valence-corrected chi connectivity index (χ4v) is 3.00. The van der Waals surface area contributed by atoms with Crippen LogP contribution in [0.2, 0.25) is 0 Å². The van der Waals surface area contributed by atoms with Gasteiger partial charge in [0.05, 0.1) is 12.1 Å². The van der Waals surface area contributed by atoms with Crippen LogP contribution in [0.15, 0.2) is 48.5 Å². The normalized spacial score (nSPS) is 11.2. The second-order valence-corrected chi connectivity index (χ2v) is 6.36. The Morgan fingerprint density at radius 3 is 2.62 bits per heavy atom. The predicted molar refractivity (Wildman–Crippen MR) is 103 cm³/mol. The lowest BCUT2D eigenvalue weighted by molar-refractivity contribution is 0.323. The first-order valence-corrected chi connectivity index (χ1v) is 8.65. The maximum Gasteiger partial charge on any atom is 0.229 e. The SMILES string of the molecule is Cc1nc2c3ccccc3nc(N(C)CCOc3ccccc3C)n2n1. The Balaban J connectivity index is 1.61. The Morgan fingerprint density at radius 1 is 1.00 bits per heavy atom. The van der Waals surface area contributed by atoms with Gasteiger partial charge in [0.2, 0.25) is 5.95 Å². The van der Waals surface area contributed by atoms with E-state index in [1.807, 2.05) is 78.8 Å². The first-order chi connectivity index (χ1) is 12.6. The maximum absolute atomic E-state index is 5.92. The van der Waals surface area contributed by atoms with Gasteiger partial charge in [-0.25, -0.2) is 9.97 Å². The third-order valence-electron chi connectivity index (χ3n) is 4.39. The molecule has 0 radical (unpaired) electrons. The van der Waals surface area contributed by atoms with Crippen LogP contribution in [-0.4, -0.2) is 39.8 Å². The lowest BCUT2D eigenvalue weighted by Crippen LogP contribution is -2.27. The van der Waals surface area contributed by atoms with Crippen molar-refractivity contribution in [3.63, 3.8) is 0 Å². The maximum atomic E-state index is 5.92. The molecule has 4 aromatic rings. The summed E-state index contributed by atoms with van der Waals surface area (Å²) in [4.78, 5) is 11.4. The van der Waals surface area contributed by atoms with Crippen LogP contribution in [0.1, 0.15) is 11.4 Å². The summed E-state index contributed by atoms with van der Waals surface area (Å²) in [5.41, 5.74) is 2.87. The van der Waals surface area contributed by atoms with Gasteiger partial charge in [-0.15, -0.1) is 5.10 Å². The second-order valence-electron chi connectivity index (χ2n) is 6.36. The zero-order valence-corrected chi connectivity index (χ0v) is 15.2. The number of hydrogen-bond donors (Lipinski definition) is 0. The van der Waals surface area contributed by atoms with Gasteiger partial charge in [0.15, 0.2) is 5.65 Å². The number of benzene rings is 2. The van der Waals surface area contributed by atoms with Crippen LogP contribution in [0.5, 0.6) is 5.75 Å². The summed E-state index contributed by atoms with van der Waals surface area (Å²) >= 11 is 0. The topological polar surface area (TPSA) is 55.5 Å². The highest BCUT2D eigenvalue weighted by Crippen LogP contribution is 2.22. The Bertz CT molecular complexity index is 1070. The second kappa shape index (κ2) is 6.63. The van der Waals surface area contributed by atoms with Crippen molar-refractivity contribution < 1.29 is 4.74 Å². The molecule has 0 bridgehead atoms. The van der Waals surface area contributed by atoms with Crippen molar-refractivity contribution >= 4 is 22.5 Å². The lowest BCUT2D eigenvalue weighted by atomic mass is 10.2. The Labute approximate surface area is 152 Å². The van der Waals surface area contributed by atoms with Crippen LogP contribution in [0.25, 0.3) is 16.6 Å². The monoisotopic (exact) mass is 347 g/mol. The van der Waals surface area contributed by atoms with Crippen molar-refractivity contribution in [2.75, 3.05) is 25.1 Å². The molecule has 26 heavy (non-hydrogen) atoms. The number of aromatic nitrogens is 4. The van der Waals surface area contributed by atoms with Gasteiger partial charge < -0.3 is 9.64 Å². The van der Waals surface area contributed by atoms with Crippen molar-refractivity contribution in [3.05, 3.63) is 59.9 Å². The number of nitrogens with zero attached hydrogens (tertiary/aromatic N) is 5. The molecule has 0 saturated carbocycles. The van der Waals surface area contributed by atoms with Crippen LogP contribution in [0, 0.1) is 13.8 Å². The Hall–Kier alpha value is -3.15. The summed E-state index contributed by atoms with van der Waals surface area (Å²) in [5, 5.41) is 5.53. The highest BCUT2D eigenvalue weighted by Gasteiger charge is 2.15. The van der Waals surface area contributed by atoms with Crippen molar-refractivity contribution in [1.82, 2.24) is 19.6 Å². The van der Waals surface area contributed by atoms with E-state index < -0.39 is 0 Å². The van der Waals surface area contributed by atoms with E-state index in [0.717, 1.165) is 39.6 Å². The summed E-state index contributed by atoms with van der Waals surface area (Å²) in [7, 11) is 1.99. The van der Waals surface area contributed by atoms with Crippen molar-refractivity contribution in [1.29, 1.82) is 0 Å². The van der Waals surface area contributed by atoms with Crippen molar-refractivity contribution in [2.45, 2.75) is 13.8 Å². The first-order valence-electron chi connectivity index (χ1n) is 8.65. The van der Waals surface area contributed by atoms with E-state index in [2.05, 4.69) is 10.1 Å². The molecule has 0 amide bonds. The highest BCUT2D eigenvalue weighted by molar-refractivity contribution is 5.92. The summed E-state index contributed by atoms with van der Waals surface area (Å²) in [6, 6.07) is 16.0. The van der Waals surface area contributed by atoms with Crippen LogP contribution in [0.4, 0.5) is 5.95 Å². The molecule has 0 aliphatic rings. The molecule has 0 fully saturated rings. The smallest absolute Gasteiger partial charge is 0.229 e. The van der Waals surface area contributed by atoms with Crippen molar-refractivity contribution in [3.8, 4) is 5.75 Å². The summed E-state index contributed by atoms with van der Waals surface area (Å²) in [6.45, 7) is 5.19. The Morgan fingerprint density at radius 2 is 1.77 bits per heavy atom. The minimum Gasteiger partial charge on any atom is -0.491 e. The van der Waals surface area contributed by atoms with Gasteiger partial charge in [0.25, 0.3) is 0 Å². The summed E-state index contributed by atoms with van der Waals surface area (Å²) < 4.78 is 7.73. The number of fused-ring (bicyclic) bond motifs is 3. The quantitative estimate of drug-likeness (QED) is 0.554. The van der Waals surface area contributed by atoms with Gasteiger partial charge in [-0.3, -0.25) is 0 Å². The number of hydrogen-bond acceptors (Lipinski definition) is 5. The molecule has 4 rings (SSSR count). The molecule has 0 aliphatic heterocycles. The van der Waals surface area contributed by atoms with E-state index in [-0.39, 0.29) is 0 Å². The molecule has 0 spiro atoms. The van der Waals surface area contributed by atoms with Gasteiger partial charge >= 0.3 is 0 Å².